The number of nitrogens with one attached hydrogen (secondary N) is 1. The van der Waals surface area contributed by atoms with Crippen molar-refractivity contribution < 1.29 is 9.31 Å². The second kappa shape index (κ2) is 9.78. The maximum absolute atomic E-state index is 13.6. The van der Waals surface area contributed by atoms with Crippen LogP contribution in [0.1, 0.15) is 25.1 Å². The van der Waals surface area contributed by atoms with Gasteiger partial charge in [-0.05, 0) is 44.4 Å². The molecule has 0 atom stereocenters. The molecule has 0 saturated heterocycles. The van der Waals surface area contributed by atoms with Gasteiger partial charge in [0.15, 0.2) is 0 Å². The maximum atomic E-state index is 13.6. The molecule has 0 fully saturated rings. The maximum Gasteiger partial charge on any atom is 0.306 e. The first-order valence-corrected chi connectivity index (χ1v) is 9.88. The fraction of sp³-hybridized carbons (Fsp3) is 0.273. The Morgan fingerprint density at radius 1 is 1.03 bits per heavy atom. The van der Waals surface area contributed by atoms with E-state index in [1.807, 2.05) is 38.1 Å². The Bertz CT molecular complexity index is 1010. The fourth-order valence-electron chi connectivity index (χ4n) is 3.15. The van der Waals surface area contributed by atoms with E-state index in [2.05, 4.69) is 32.3 Å². The van der Waals surface area contributed by atoms with Gasteiger partial charge in [-0.25, -0.2) is 4.98 Å². The number of aromatic nitrogens is 2. The van der Waals surface area contributed by atoms with E-state index in [4.69, 9.17) is 0 Å². The van der Waals surface area contributed by atoms with Crippen LogP contribution in [0, 0.1) is 15.9 Å². The number of nitro benzene ring substituents is 1. The highest BCUT2D eigenvalue weighted by Gasteiger charge is 2.16. The van der Waals surface area contributed by atoms with Gasteiger partial charge in [0.25, 0.3) is 0 Å². The van der Waals surface area contributed by atoms with Crippen molar-refractivity contribution in [3.05, 3.63) is 81.8 Å². The summed E-state index contributed by atoms with van der Waals surface area (Å²) in [4.78, 5) is 21.5. The molecule has 0 aliphatic rings. The molecular formula is C22H24FN5O2. The van der Waals surface area contributed by atoms with Gasteiger partial charge < -0.3 is 10.2 Å². The van der Waals surface area contributed by atoms with Gasteiger partial charge in [-0.2, -0.15) is 9.37 Å². The molecule has 1 N–H and O–H groups in total. The summed E-state index contributed by atoms with van der Waals surface area (Å²) in [6.07, 6.45) is 1.55. The largest absolute Gasteiger partial charge is 0.357 e. The summed E-state index contributed by atoms with van der Waals surface area (Å²) >= 11 is 0. The van der Waals surface area contributed by atoms with Crippen molar-refractivity contribution in [3.8, 4) is 0 Å². The van der Waals surface area contributed by atoms with Crippen molar-refractivity contribution in [2.75, 3.05) is 23.3 Å². The van der Waals surface area contributed by atoms with Crippen LogP contribution in [0.15, 0.2) is 54.6 Å². The summed E-state index contributed by atoms with van der Waals surface area (Å²) in [6.45, 7) is 5.66. The van der Waals surface area contributed by atoms with Gasteiger partial charge in [-0.15, -0.1) is 0 Å². The molecular weight excluding hydrogens is 385 g/mol. The molecule has 30 heavy (non-hydrogen) atoms. The van der Waals surface area contributed by atoms with Gasteiger partial charge in [0, 0.05) is 36.6 Å². The Kier molecular flexibility index (Phi) is 6.90. The molecule has 3 aromatic rings. The van der Waals surface area contributed by atoms with Crippen LogP contribution >= 0.6 is 0 Å². The number of nitrogens with zero attached hydrogens (tertiary/aromatic N) is 4. The summed E-state index contributed by atoms with van der Waals surface area (Å²) in [6, 6.07) is 15.7. The lowest BCUT2D eigenvalue weighted by Crippen LogP contribution is -2.23. The monoisotopic (exact) mass is 409 g/mol. The van der Waals surface area contributed by atoms with Crippen LogP contribution in [0.3, 0.4) is 0 Å². The smallest absolute Gasteiger partial charge is 0.306 e. The molecule has 1 heterocycles. The third-order valence-corrected chi connectivity index (χ3v) is 4.76. The van der Waals surface area contributed by atoms with Crippen LogP contribution in [-0.2, 0) is 12.8 Å². The number of rotatable bonds is 9. The normalized spacial score (nSPS) is 10.6. The van der Waals surface area contributed by atoms with Gasteiger partial charge in [-0.1, -0.05) is 30.3 Å². The molecule has 7 nitrogen and oxygen atoms in total. The highest BCUT2D eigenvalue weighted by atomic mass is 19.1. The van der Waals surface area contributed by atoms with Crippen molar-refractivity contribution in [1.29, 1.82) is 0 Å². The molecule has 0 bridgehead atoms. The zero-order chi connectivity index (χ0) is 21.5. The summed E-state index contributed by atoms with van der Waals surface area (Å²) in [5, 5.41) is 14.0. The zero-order valence-corrected chi connectivity index (χ0v) is 17.0. The average Bonchev–Trinajstić information content (AvgIpc) is 2.75. The Morgan fingerprint density at radius 2 is 1.77 bits per heavy atom. The fourth-order valence-corrected chi connectivity index (χ4v) is 3.15. The average molecular weight is 409 g/mol. The Morgan fingerprint density at radius 3 is 2.43 bits per heavy atom. The summed E-state index contributed by atoms with van der Waals surface area (Å²) in [5.41, 5.74) is 1.83. The van der Waals surface area contributed by atoms with Crippen molar-refractivity contribution in [2.45, 2.75) is 26.7 Å². The number of aryl methyl sites for hydroxylation is 2. The lowest BCUT2D eigenvalue weighted by molar-refractivity contribution is -0.387. The highest BCUT2D eigenvalue weighted by Crippen LogP contribution is 2.25. The molecule has 0 radical (unpaired) electrons. The number of nitro groups is 1. The number of benzene rings is 2. The van der Waals surface area contributed by atoms with E-state index < -0.39 is 16.4 Å². The molecule has 0 unspecified atom stereocenters. The van der Waals surface area contributed by atoms with Crippen LogP contribution in [0.25, 0.3) is 0 Å². The molecule has 0 saturated carbocycles. The topological polar surface area (TPSA) is 84.2 Å². The van der Waals surface area contributed by atoms with E-state index in [0.717, 1.165) is 49.6 Å². The van der Waals surface area contributed by atoms with Crippen LogP contribution in [0.5, 0.6) is 0 Å². The molecule has 156 valence electrons. The van der Waals surface area contributed by atoms with Crippen molar-refractivity contribution in [3.63, 3.8) is 0 Å². The third kappa shape index (κ3) is 5.28. The minimum absolute atomic E-state index is 0.323. The lowest BCUT2D eigenvalue weighted by atomic mass is 10.1. The zero-order valence-electron chi connectivity index (χ0n) is 17.0. The van der Waals surface area contributed by atoms with E-state index >= 15 is 0 Å². The van der Waals surface area contributed by atoms with Crippen LogP contribution < -0.4 is 10.2 Å². The predicted molar refractivity (Wildman–Crippen MR) is 116 cm³/mol. The van der Waals surface area contributed by atoms with Crippen LogP contribution in [-0.4, -0.2) is 28.0 Å². The van der Waals surface area contributed by atoms with Crippen LogP contribution in [0.4, 0.5) is 27.5 Å². The third-order valence-electron chi connectivity index (χ3n) is 4.76. The van der Waals surface area contributed by atoms with Crippen molar-refractivity contribution in [2.24, 2.45) is 0 Å². The second-order valence-corrected chi connectivity index (χ2v) is 6.75. The number of hydrogen-bond donors (Lipinski definition) is 1. The van der Waals surface area contributed by atoms with Gasteiger partial charge in [-0.3, -0.25) is 10.1 Å². The molecule has 0 aliphatic heterocycles. The SMILES string of the molecule is CCN(CC)c1cc(CCc2ccccc2)nc(Nc2ccc(F)c([N+](=O)[O-])c2)n1. The first-order valence-electron chi connectivity index (χ1n) is 9.88. The van der Waals surface area contributed by atoms with E-state index in [0.29, 0.717) is 11.6 Å². The van der Waals surface area contributed by atoms with Gasteiger partial charge >= 0.3 is 5.69 Å². The molecule has 8 heteroatoms. The summed E-state index contributed by atoms with van der Waals surface area (Å²) in [5.74, 6) is 0.215. The number of halogens is 1. The molecule has 1 aromatic heterocycles. The van der Waals surface area contributed by atoms with E-state index in [1.54, 1.807) is 0 Å². The van der Waals surface area contributed by atoms with Gasteiger partial charge in [0.05, 0.1) is 4.92 Å². The quantitative estimate of drug-likeness (QED) is 0.400. The predicted octanol–water partition coefficient (Wildman–Crippen LogP) is 4.90. The molecule has 0 aliphatic carbocycles. The minimum atomic E-state index is -0.882. The van der Waals surface area contributed by atoms with E-state index in [1.165, 1.54) is 11.6 Å². The lowest BCUT2D eigenvalue weighted by Gasteiger charge is -2.21. The van der Waals surface area contributed by atoms with E-state index in [9.17, 15) is 14.5 Å². The first kappa shape index (κ1) is 21.2. The number of hydrogen-bond acceptors (Lipinski definition) is 6. The Labute approximate surface area is 174 Å². The van der Waals surface area contributed by atoms with E-state index in [-0.39, 0.29) is 0 Å². The molecule has 2 aromatic carbocycles. The number of anilines is 3. The Balaban J connectivity index is 1.89. The van der Waals surface area contributed by atoms with Gasteiger partial charge in [0.2, 0.25) is 11.8 Å². The van der Waals surface area contributed by atoms with Crippen molar-refractivity contribution in [1.82, 2.24) is 9.97 Å². The highest BCUT2D eigenvalue weighted by molar-refractivity contribution is 5.59. The van der Waals surface area contributed by atoms with Crippen molar-refractivity contribution >= 4 is 23.1 Å². The minimum Gasteiger partial charge on any atom is -0.357 e. The standard InChI is InChI=1S/C22H24FN5O2/c1-3-27(4-2)21-15-18(11-10-16-8-6-5-7-9-16)25-22(26-21)24-17-12-13-19(23)20(14-17)28(29)30/h5-9,12-15H,3-4,10-11H2,1-2H3,(H,24,25,26). The van der Waals surface area contributed by atoms with Crippen LogP contribution in [0.2, 0.25) is 0 Å². The molecule has 0 amide bonds. The Hall–Kier alpha value is -3.55. The molecule has 0 spiro atoms. The summed E-state index contributed by atoms with van der Waals surface area (Å²) < 4.78 is 13.6. The summed E-state index contributed by atoms with van der Waals surface area (Å²) in [7, 11) is 0. The van der Waals surface area contributed by atoms with Gasteiger partial charge in [0.1, 0.15) is 5.82 Å². The molecule has 3 rings (SSSR count). The second-order valence-electron chi connectivity index (χ2n) is 6.75. The first-order chi connectivity index (χ1) is 14.5.